The molecule has 6 nitrogen and oxygen atoms in total. The smallest absolute Gasteiger partial charge is 0.409 e. The van der Waals surface area contributed by atoms with Crippen LogP contribution in [0.25, 0.3) is 0 Å². The Morgan fingerprint density at radius 3 is 2.52 bits per heavy atom. The van der Waals surface area contributed by atoms with E-state index in [1.54, 1.807) is 12.0 Å². The van der Waals surface area contributed by atoms with Gasteiger partial charge in [-0.2, -0.15) is 0 Å². The molecule has 4 rings (SSSR count). The lowest BCUT2D eigenvalue weighted by atomic mass is 9.72. The average Bonchev–Trinajstić information content (AvgIpc) is 2.88. The Kier molecular flexibility index (Phi) is 5.93. The van der Waals surface area contributed by atoms with Crippen LogP contribution in [0.15, 0.2) is 24.4 Å². The van der Waals surface area contributed by atoms with Crippen molar-refractivity contribution in [2.75, 3.05) is 26.8 Å². The van der Waals surface area contributed by atoms with Gasteiger partial charge in [0.1, 0.15) is 11.4 Å². The summed E-state index contributed by atoms with van der Waals surface area (Å²) in [5.74, 6) is 0.626. The van der Waals surface area contributed by atoms with Crippen molar-refractivity contribution < 1.29 is 19.4 Å². The van der Waals surface area contributed by atoms with E-state index in [0.717, 1.165) is 46.4 Å². The van der Waals surface area contributed by atoms with E-state index in [1.165, 1.54) is 0 Å². The van der Waals surface area contributed by atoms with E-state index in [-0.39, 0.29) is 12.0 Å². The van der Waals surface area contributed by atoms with E-state index < -0.39 is 5.60 Å². The second kappa shape index (κ2) is 8.50. The summed E-state index contributed by atoms with van der Waals surface area (Å²) < 4.78 is 11.0. The second-order valence-corrected chi connectivity index (χ2v) is 8.75. The largest absolute Gasteiger partial charge is 0.496 e. The minimum atomic E-state index is -1.27. The van der Waals surface area contributed by atoms with E-state index in [0.29, 0.717) is 38.3 Å². The van der Waals surface area contributed by atoms with Gasteiger partial charge in [0.05, 0.1) is 19.4 Å². The van der Waals surface area contributed by atoms with Crippen molar-refractivity contribution in [1.82, 2.24) is 9.88 Å². The quantitative estimate of drug-likeness (QED) is 0.809. The first kappa shape index (κ1) is 21.6. The van der Waals surface area contributed by atoms with E-state index in [1.807, 2.05) is 26.1 Å². The molecule has 31 heavy (non-hydrogen) atoms. The highest BCUT2D eigenvalue weighted by molar-refractivity contribution is 5.67. The minimum Gasteiger partial charge on any atom is -0.496 e. The number of aromatic nitrogens is 1. The molecule has 0 radical (unpaired) electrons. The molecule has 0 bridgehead atoms. The van der Waals surface area contributed by atoms with Gasteiger partial charge < -0.3 is 19.5 Å². The van der Waals surface area contributed by atoms with Crippen LogP contribution in [-0.2, 0) is 23.2 Å². The first-order chi connectivity index (χ1) is 14.9. The Morgan fingerprint density at radius 2 is 1.84 bits per heavy atom. The summed E-state index contributed by atoms with van der Waals surface area (Å²) in [6, 6.07) is 6.30. The number of methoxy groups -OCH3 is 1. The van der Waals surface area contributed by atoms with Crippen LogP contribution in [0.2, 0.25) is 0 Å². The summed E-state index contributed by atoms with van der Waals surface area (Å²) in [4.78, 5) is 18.7. The van der Waals surface area contributed by atoms with Gasteiger partial charge in [-0.3, -0.25) is 4.98 Å². The zero-order valence-electron chi connectivity index (χ0n) is 18.9. The fraction of sp³-hybridized carbons (Fsp3) is 0.520. The molecule has 1 aliphatic carbocycles. The van der Waals surface area contributed by atoms with Crippen LogP contribution in [0.3, 0.4) is 0 Å². The zero-order chi connectivity index (χ0) is 22.2. The molecule has 2 aromatic rings. The Hall–Kier alpha value is -2.60. The average molecular weight is 425 g/mol. The number of likely N-dealkylation sites (tertiary alicyclic amines) is 1. The number of piperidine rings is 1. The predicted octanol–water partition coefficient (Wildman–Crippen LogP) is 3.91. The lowest BCUT2D eigenvalue weighted by molar-refractivity contribution is -0.0192. The number of ether oxygens (including phenoxy) is 2. The summed E-state index contributed by atoms with van der Waals surface area (Å²) >= 11 is 0. The molecule has 1 aromatic heterocycles. The lowest BCUT2D eigenvalue weighted by Gasteiger charge is -2.42. The fourth-order valence-electron chi connectivity index (χ4n) is 5.26. The lowest BCUT2D eigenvalue weighted by Crippen LogP contribution is -2.47. The van der Waals surface area contributed by atoms with Crippen LogP contribution in [0.5, 0.6) is 5.75 Å². The van der Waals surface area contributed by atoms with Gasteiger partial charge in [0.15, 0.2) is 0 Å². The molecule has 1 fully saturated rings. The summed E-state index contributed by atoms with van der Waals surface area (Å²) in [6.45, 7) is 7.37. The van der Waals surface area contributed by atoms with E-state index in [2.05, 4.69) is 19.1 Å². The first-order valence-electron chi connectivity index (χ1n) is 11.2. The van der Waals surface area contributed by atoms with Gasteiger partial charge in [-0.05, 0) is 74.8 Å². The molecule has 6 heteroatoms. The summed E-state index contributed by atoms with van der Waals surface area (Å²) in [5, 5.41) is 12.5. The third kappa shape index (κ3) is 3.78. The monoisotopic (exact) mass is 424 g/mol. The third-order valence-corrected chi connectivity index (χ3v) is 6.67. The van der Waals surface area contributed by atoms with Crippen LogP contribution in [-0.4, -0.2) is 47.9 Å². The van der Waals surface area contributed by atoms with Crippen molar-refractivity contribution in [3.8, 4) is 5.75 Å². The minimum absolute atomic E-state index is 0.0828. The number of hydrogen-bond donors (Lipinski definition) is 1. The number of carbonyl (C=O) groups is 1. The van der Waals surface area contributed by atoms with Crippen molar-refractivity contribution in [2.45, 2.75) is 52.1 Å². The van der Waals surface area contributed by atoms with Crippen molar-refractivity contribution in [1.29, 1.82) is 0 Å². The van der Waals surface area contributed by atoms with Gasteiger partial charge in [0.2, 0.25) is 0 Å². The van der Waals surface area contributed by atoms with Crippen LogP contribution in [0, 0.1) is 19.8 Å². The molecule has 1 amide bonds. The van der Waals surface area contributed by atoms with Gasteiger partial charge in [-0.1, -0.05) is 12.1 Å². The predicted molar refractivity (Wildman–Crippen MR) is 118 cm³/mol. The SMILES string of the molecule is CCOC(=O)N1CCC(C2(O)c3ncc(C)cc3CCc3cc(C)cc(OC)c32)CC1. The fourth-order valence-corrected chi connectivity index (χ4v) is 5.26. The van der Waals surface area contributed by atoms with E-state index >= 15 is 0 Å². The number of aryl methyl sites for hydroxylation is 4. The number of carbonyl (C=O) groups excluding carboxylic acids is 1. The Bertz CT molecular complexity index is 982. The normalized spacial score (nSPS) is 21.1. The molecule has 0 spiro atoms. The molecule has 166 valence electrons. The zero-order valence-corrected chi connectivity index (χ0v) is 18.9. The molecule has 1 aromatic carbocycles. The van der Waals surface area contributed by atoms with E-state index in [9.17, 15) is 9.90 Å². The van der Waals surface area contributed by atoms with Crippen LogP contribution >= 0.6 is 0 Å². The topological polar surface area (TPSA) is 71.9 Å². The first-order valence-corrected chi connectivity index (χ1v) is 11.2. The highest BCUT2D eigenvalue weighted by Gasteiger charge is 2.48. The molecule has 1 aliphatic heterocycles. The maximum atomic E-state index is 12.5. The molecule has 1 N–H and O–H groups in total. The van der Waals surface area contributed by atoms with Gasteiger partial charge in [-0.15, -0.1) is 0 Å². The molecule has 2 aliphatic rings. The maximum absolute atomic E-state index is 12.5. The van der Waals surface area contributed by atoms with Gasteiger partial charge >= 0.3 is 6.09 Å². The summed E-state index contributed by atoms with van der Waals surface area (Å²) in [6.07, 6.45) is 4.55. The number of fused-ring (bicyclic) bond motifs is 2. The molecule has 1 atom stereocenters. The standard InChI is InChI=1S/C25H32N2O4/c1-5-31-24(28)27-10-8-20(9-11-27)25(29)22-18(12-16(2)14-21(22)30-4)6-7-19-13-17(3)15-26-23(19)25/h12-15,20,29H,5-11H2,1-4H3. The van der Waals surface area contributed by atoms with Crippen molar-refractivity contribution >= 4 is 6.09 Å². The maximum Gasteiger partial charge on any atom is 0.409 e. The van der Waals surface area contributed by atoms with Crippen molar-refractivity contribution in [3.63, 3.8) is 0 Å². The van der Waals surface area contributed by atoms with Crippen molar-refractivity contribution in [3.05, 3.63) is 57.9 Å². The number of pyridine rings is 1. The number of amides is 1. The summed E-state index contributed by atoms with van der Waals surface area (Å²) in [5.41, 5.74) is 4.71. The van der Waals surface area contributed by atoms with Gasteiger partial charge in [0, 0.05) is 30.8 Å². The second-order valence-electron chi connectivity index (χ2n) is 8.75. The van der Waals surface area contributed by atoms with Gasteiger partial charge in [-0.25, -0.2) is 4.79 Å². The number of rotatable bonds is 3. The Balaban J connectivity index is 1.81. The van der Waals surface area contributed by atoms with Crippen LogP contribution < -0.4 is 4.74 Å². The molecular weight excluding hydrogens is 392 g/mol. The van der Waals surface area contributed by atoms with E-state index in [4.69, 9.17) is 14.5 Å². The van der Waals surface area contributed by atoms with Crippen molar-refractivity contribution in [2.24, 2.45) is 5.92 Å². The Morgan fingerprint density at radius 1 is 1.16 bits per heavy atom. The summed E-state index contributed by atoms with van der Waals surface area (Å²) in [7, 11) is 1.66. The molecule has 1 saturated heterocycles. The van der Waals surface area contributed by atoms with Gasteiger partial charge in [0.25, 0.3) is 0 Å². The third-order valence-electron chi connectivity index (χ3n) is 6.67. The highest BCUT2D eigenvalue weighted by atomic mass is 16.6. The Labute approximate surface area is 184 Å². The van der Waals surface area contributed by atoms with Crippen LogP contribution in [0.4, 0.5) is 4.79 Å². The molecule has 1 unspecified atom stereocenters. The molecule has 2 heterocycles. The highest BCUT2D eigenvalue weighted by Crippen LogP contribution is 2.49. The number of nitrogens with zero attached hydrogens (tertiary/aromatic N) is 2. The molecular formula is C25H32N2O4. The molecule has 0 saturated carbocycles. The van der Waals surface area contributed by atoms with Crippen LogP contribution in [0.1, 0.15) is 53.3 Å². The number of hydrogen-bond acceptors (Lipinski definition) is 5. The number of aliphatic hydroxyl groups is 1. The number of benzene rings is 1.